The van der Waals surface area contributed by atoms with E-state index in [0.29, 0.717) is 0 Å². The number of fused-ring (bicyclic) bond motifs is 3. The van der Waals surface area contributed by atoms with Crippen LogP contribution in [0.3, 0.4) is 0 Å². The molecule has 3 aliphatic rings. The Hall–Kier alpha value is -3.52. The molecule has 8 heteroatoms. The van der Waals surface area contributed by atoms with Crippen molar-refractivity contribution < 1.29 is 0 Å². The predicted molar refractivity (Wildman–Crippen MR) is 132 cm³/mol. The molecule has 0 amide bonds. The van der Waals surface area contributed by atoms with E-state index in [1.807, 2.05) is 18.5 Å². The lowest BCUT2D eigenvalue weighted by molar-refractivity contribution is 0.187. The van der Waals surface area contributed by atoms with Crippen molar-refractivity contribution in [3.05, 3.63) is 65.6 Å². The summed E-state index contributed by atoms with van der Waals surface area (Å²) in [5.41, 5.74) is 13.4. The van der Waals surface area contributed by atoms with Crippen molar-refractivity contribution in [3.63, 3.8) is 0 Å². The zero-order valence-corrected chi connectivity index (χ0v) is 19.1. The van der Waals surface area contributed by atoms with Crippen molar-refractivity contribution in [2.45, 2.75) is 38.1 Å². The maximum absolute atomic E-state index is 6.75. The lowest BCUT2D eigenvalue weighted by Gasteiger charge is -2.42. The van der Waals surface area contributed by atoms with Crippen LogP contribution in [-0.2, 0) is 12.8 Å². The summed E-state index contributed by atoms with van der Waals surface area (Å²) in [7, 11) is 0. The first-order chi connectivity index (χ1) is 16.7. The van der Waals surface area contributed by atoms with E-state index in [0.717, 1.165) is 85.9 Å². The summed E-state index contributed by atoms with van der Waals surface area (Å²) in [6.07, 6.45) is 9.01. The van der Waals surface area contributed by atoms with Gasteiger partial charge in [-0.3, -0.25) is 10.1 Å². The second kappa shape index (κ2) is 7.50. The number of nitrogens with two attached hydrogens (primary N) is 1. The molecule has 7 rings (SSSR count). The molecule has 1 atom stereocenters. The first kappa shape index (κ1) is 19.9. The Morgan fingerprint density at radius 3 is 2.79 bits per heavy atom. The Balaban J connectivity index is 1.13. The second-order valence-corrected chi connectivity index (χ2v) is 9.90. The third-order valence-corrected chi connectivity index (χ3v) is 8.12. The molecule has 3 N–H and O–H groups in total. The number of anilines is 3. The maximum Gasteiger partial charge on any atom is 0.183 e. The normalized spacial score (nSPS) is 21.1. The quantitative estimate of drug-likeness (QED) is 0.479. The van der Waals surface area contributed by atoms with E-state index in [1.165, 1.54) is 11.1 Å². The first-order valence-electron chi connectivity index (χ1n) is 12.2. The molecule has 8 nitrogen and oxygen atoms in total. The molecule has 0 radical (unpaired) electrons. The van der Waals surface area contributed by atoms with Gasteiger partial charge in [-0.1, -0.05) is 24.3 Å². The van der Waals surface area contributed by atoms with Gasteiger partial charge in [0.05, 0.1) is 17.6 Å². The van der Waals surface area contributed by atoms with Crippen molar-refractivity contribution in [1.29, 1.82) is 0 Å². The fourth-order valence-electron chi connectivity index (χ4n) is 6.22. The minimum absolute atomic E-state index is 0.122. The van der Waals surface area contributed by atoms with Gasteiger partial charge in [-0.05, 0) is 60.8 Å². The van der Waals surface area contributed by atoms with Crippen molar-refractivity contribution in [2.75, 3.05) is 29.4 Å². The molecule has 1 aromatic carbocycles. The predicted octanol–water partition coefficient (Wildman–Crippen LogP) is 3.67. The van der Waals surface area contributed by atoms with Crippen molar-refractivity contribution in [2.24, 2.45) is 11.1 Å². The molecule has 1 aliphatic carbocycles. The van der Waals surface area contributed by atoms with Gasteiger partial charge in [0.15, 0.2) is 17.0 Å². The minimum atomic E-state index is 0.122. The van der Waals surface area contributed by atoms with Crippen LogP contribution in [0, 0.1) is 5.41 Å². The van der Waals surface area contributed by atoms with Crippen LogP contribution in [0.15, 0.2) is 48.8 Å². The van der Waals surface area contributed by atoms with Gasteiger partial charge >= 0.3 is 0 Å². The molecule has 0 unspecified atom stereocenters. The number of nitrogens with one attached hydrogen (secondary N) is 1. The number of hydrogen-bond donors (Lipinski definition) is 2. The summed E-state index contributed by atoms with van der Waals surface area (Å²) in [5.74, 6) is 1.73. The largest absolute Gasteiger partial charge is 0.355 e. The van der Waals surface area contributed by atoms with Crippen molar-refractivity contribution in [3.8, 4) is 0 Å². The van der Waals surface area contributed by atoms with Gasteiger partial charge < -0.3 is 15.5 Å². The SMILES string of the molecule is N[C@H]1c2ccccc2CC12CCN(c1cnc3c(N4CCCc5ncccc54)n[nH]c3n1)CC2. The summed E-state index contributed by atoms with van der Waals surface area (Å²) >= 11 is 0. The zero-order chi connectivity index (χ0) is 22.7. The molecule has 1 fully saturated rings. The number of hydrogen-bond acceptors (Lipinski definition) is 7. The minimum Gasteiger partial charge on any atom is -0.355 e. The summed E-state index contributed by atoms with van der Waals surface area (Å²) in [6, 6.07) is 12.9. The highest BCUT2D eigenvalue weighted by molar-refractivity contribution is 5.87. The van der Waals surface area contributed by atoms with Crippen molar-refractivity contribution in [1.82, 2.24) is 25.1 Å². The molecule has 5 heterocycles. The van der Waals surface area contributed by atoms with Crippen LogP contribution in [0.1, 0.15) is 42.1 Å². The number of aromatic nitrogens is 5. The fourth-order valence-corrected chi connectivity index (χ4v) is 6.22. The first-order valence-corrected chi connectivity index (χ1v) is 12.2. The Morgan fingerprint density at radius 2 is 1.91 bits per heavy atom. The zero-order valence-electron chi connectivity index (χ0n) is 19.1. The third kappa shape index (κ3) is 2.94. The van der Waals surface area contributed by atoms with E-state index in [9.17, 15) is 0 Å². The standard InChI is InChI=1S/C26H28N8/c27-23-18-6-2-1-5-17(18)15-26(23)9-13-33(14-10-26)21-16-29-22-24(30-21)31-32-25(22)34-12-4-7-19-20(34)8-3-11-28-19/h1-3,5-6,8,11,16,23H,4,7,9-10,12-15,27H2,(H,30,31,32)/t23-/m0/s1. The van der Waals surface area contributed by atoms with E-state index in [1.54, 1.807) is 0 Å². The Kier molecular flexibility index (Phi) is 4.39. The molecule has 2 aliphatic heterocycles. The van der Waals surface area contributed by atoms with Crippen LogP contribution in [0.4, 0.5) is 17.3 Å². The number of rotatable bonds is 2. The van der Waals surface area contributed by atoms with E-state index in [-0.39, 0.29) is 11.5 Å². The highest BCUT2D eigenvalue weighted by Crippen LogP contribution is 2.51. The molecule has 1 spiro atoms. The van der Waals surface area contributed by atoms with E-state index < -0.39 is 0 Å². The molecule has 0 bridgehead atoms. The van der Waals surface area contributed by atoms with Gasteiger partial charge in [0.25, 0.3) is 0 Å². The average molecular weight is 453 g/mol. The summed E-state index contributed by atoms with van der Waals surface area (Å²) in [4.78, 5) is 18.8. The van der Waals surface area contributed by atoms with Crippen LogP contribution in [0.2, 0.25) is 0 Å². The number of nitrogens with zero attached hydrogens (tertiary/aromatic N) is 6. The molecule has 3 aromatic heterocycles. The number of aromatic amines is 1. The molecule has 0 saturated carbocycles. The van der Waals surface area contributed by atoms with Crippen molar-refractivity contribution >= 4 is 28.5 Å². The number of benzene rings is 1. The third-order valence-electron chi connectivity index (χ3n) is 8.12. The second-order valence-electron chi connectivity index (χ2n) is 9.90. The molecular formula is C26H28N8. The van der Waals surface area contributed by atoms with Gasteiger partial charge in [-0.25, -0.2) is 9.97 Å². The van der Waals surface area contributed by atoms with Gasteiger partial charge in [-0.2, -0.15) is 5.10 Å². The van der Waals surface area contributed by atoms with Crippen LogP contribution >= 0.6 is 0 Å². The smallest absolute Gasteiger partial charge is 0.183 e. The maximum atomic E-state index is 6.75. The van der Waals surface area contributed by atoms with Gasteiger partial charge in [0.1, 0.15) is 5.82 Å². The lowest BCUT2D eigenvalue weighted by Crippen LogP contribution is -2.44. The Bertz CT molecular complexity index is 1370. The number of piperidine rings is 1. The summed E-state index contributed by atoms with van der Waals surface area (Å²) < 4.78 is 0. The molecular weight excluding hydrogens is 424 g/mol. The van der Waals surface area contributed by atoms with E-state index in [4.69, 9.17) is 15.7 Å². The average Bonchev–Trinajstić information content (AvgIpc) is 3.43. The molecule has 172 valence electrons. The fraction of sp³-hybridized carbons (Fsp3) is 0.385. The van der Waals surface area contributed by atoms with E-state index >= 15 is 0 Å². The summed E-state index contributed by atoms with van der Waals surface area (Å²) in [5, 5.41) is 7.74. The number of pyridine rings is 1. The molecule has 4 aromatic rings. The number of aryl methyl sites for hydroxylation is 1. The lowest BCUT2D eigenvalue weighted by atomic mass is 9.73. The van der Waals surface area contributed by atoms with Crippen LogP contribution in [0.5, 0.6) is 0 Å². The Labute approximate surface area is 198 Å². The van der Waals surface area contributed by atoms with E-state index in [2.05, 4.69) is 55.3 Å². The van der Waals surface area contributed by atoms with Crippen LogP contribution < -0.4 is 15.5 Å². The Morgan fingerprint density at radius 1 is 1.03 bits per heavy atom. The number of H-pyrrole nitrogens is 1. The topological polar surface area (TPSA) is 99.9 Å². The van der Waals surface area contributed by atoms with Gasteiger partial charge in [0, 0.05) is 31.9 Å². The van der Waals surface area contributed by atoms with Gasteiger partial charge in [0.2, 0.25) is 0 Å². The molecule has 1 saturated heterocycles. The van der Waals surface area contributed by atoms with Crippen LogP contribution in [0.25, 0.3) is 11.2 Å². The van der Waals surface area contributed by atoms with Crippen LogP contribution in [-0.4, -0.2) is 44.8 Å². The monoisotopic (exact) mass is 452 g/mol. The highest BCUT2D eigenvalue weighted by atomic mass is 15.3. The van der Waals surface area contributed by atoms with Gasteiger partial charge in [-0.15, -0.1) is 0 Å². The highest BCUT2D eigenvalue weighted by Gasteiger charge is 2.45. The molecule has 34 heavy (non-hydrogen) atoms. The summed E-state index contributed by atoms with van der Waals surface area (Å²) in [6.45, 7) is 2.78.